The molecule has 22 heavy (non-hydrogen) atoms. The molecule has 0 spiro atoms. The van der Waals surface area contributed by atoms with Gasteiger partial charge in [0, 0.05) is 12.2 Å². The van der Waals surface area contributed by atoms with Crippen LogP contribution in [0.15, 0.2) is 24.3 Å². The van der Waals surface area contributed by atoms with Crippen molar-refractivity contribution >= 4 is 23.5 Å². The summed E-state index contributed by atoms with van der Waals surface area (Å²) in [4.78, 5) is 33.9. The van der Waals surface area contributed by atoms with Gasteiger partial charge < -0.3 is 21.5 Å². The number of rotatable bonds is 8. The molecule has 0 heterocycles. The number of nitrogens with one attached hydrogen (secondary N) is 2. The van der Waals surface area contributed by atoms with Crippen LogP contribution < -0.4 is 16.4 Å². The van der Waals surface area contributed by atoms with E-state index in [1.54, 1.807) is 38.1 Å². The van der Waals surface area contributed by atoms with Crippen LogP contribution in [0, 0.1) is 5.41 Å². The number of anilines is 1. The highest BCUT2D eigenvalue weighted by Gasteiger charge is 2.26. The van der Waals surface area contributed by atoms with E-state index in [0.717, 1.165) is 0 Å². The Balaban J connectivity index is 2.45. The number of amides is 2. The van der Waals surface area contributed by atoms with Crippen molar-refractivity contribution in [2.75, 3.05) is 18.4 Å². The fourth-order valence-electron chi connectivity index (χ4n) is 1.71. The maximum absolute atomic E-state index is 11.7. The summed E-state index contributed by atoms with van der Waals surface area (Å²) in [7, 11) is 0. The Morgan fingerprint density at radius 3 is 2.45 bits per heavy atom. The third kappa shape index (κ3) is 5.08. The number of primary amides is 1. The lowest BCUT2D eigenvalue weighted by Crippen LogP contribution is -2.35. The fraction of sp³-hybridized carbons (Fsp3) is 0.400. The zero-order valence-corrected chi connectivity index (χ0v) is 12.7. The minimum Gasteiger partial charge on any atom is -0.481 e. The molecule has 0 aliphatic carbocycles. The fourth-order valence-corrected chi connectivity index (χ4v) is 1.71. The van der Waals surface area contributed by atoms with Crippen LogP contribution in [-0.2, 0) is 9.59 Å². The molecule has 1 aromatic carbocycles. The van der Waals surface area contributed by atoms with Crippen molar-refractivity contribution in [3.63, 3.8) is 0 Å². The van der Waals surface area contributed by atoms with Gasteiger partial charge in [-0.15, -0.1) is 0 Å². The number of hydrogen-bond acceptors (Lipinski definition) is 4. The Hall–Kier alpha value is -2.57. The average Bonchev–Trinajstić information content (AvgIpc) is 2.45. The van der Waals surface area contributed by atoms with Crippen molar-refractivity contribution in [1.29, 1.82) is 0 Å². The lowest BCUT2D eigenvalue weighted by Gasteiger charge is -2.19. The van der Waals surface area contributed by atoms with Crippen molar-refractivity contribution in [3.8, 4) is 0 Å². The van der Waals surface area contributed by atoms with Gasteiger partial charge in [-0.1, -0.05) is 12.1 Å². The van der Waals surface area contributed by atoms with Crippen LogP contribution in [0.2, 0.25) is 0 Å². The number of carboxylic acids is 1. The van der Waals surface area contributed by atoms with E-state index in [-0.39, 0.29) is 19.0 Å². The van der Waals surface area contributed by atoms with Gasteiger partial charge in [0.25, 0.3) is 5.91 Å². The molecular formula is C15H21N3O4. The molecule has 7 heteroatoms. The first-order valence-corrected chi connectivity index (χ1v) is 6.87. The third-order valence-corrected chi connectivity index (χ3v) is 3.28. The van der Waals surface area contributed by atoms with Crippen molar-refractivity contribution in [2.45, 2.75) is 20.3 Å². The molecule has 0 bridgehead atoms. The Labute approximate surface area is 128 Å². The van der Waals surface area contributed by atoms with E-state index < -0.39 is 17.3 Å². The Morgan fingerprint density at radius 2 is 1.86 bits per heavy atom. The van der Waals surface area contributed by atoms with Gasteiger partial charge in [-0.2, -0.15) is 0 Å². The van der Waals surface area contributed by atoms with E-state index in [4.69, 9.17) is 10.8 Å². The zero-order chi connectivity index (χ0) is 16.8. The summed E-state index contributed by atoms with van der Waals surface area (Å²) in [5, 5.41) is 14.4. The molecule has 120 valence electrons. The van der Waals surface area contributed by atoms with Crippen molar-refractivity contribution in [1.82, 2.24) is 5.32 Å². The molecule has 0 aliphatic rings. The molecule has 0 atom stereocenters. The van der Waals surface area contributed by atoms with Gasteiger partial charge in [-0.25, -0.2) is 0 Å². The van der Waals surface area contributed by atoms with Crippen molar-refractivity contribution < 1.29 is 19.5 Å². The quantitative estimate of drug-likeness (QED) is 0.566. The van der Waals surface area contributed by atoms with Crippen LogP contribution in [0.1, 0.15) is 30.6 Å². The van der Waals surface area contributed by atoms with E-state index in [1.165, 1.54) is 0 Å². The maximum Gasteiger partial charge on any atom is 0.309 e. The minimum absolute atomic E-state index is 0.0300. The Kier molecular flexibility index (Phi) is 5.91. The lowest BCUT2D eigenvalue weighted by atomic mass is 9.90. The first kappa shape index (κ1) is 17.5. The van der Waals surface area contributed by atoms with E-state index in [0.29, 0.717) is 17.7 Å². The molecule has 0 aromatic heterocycles. The highest BCUT2D eigenvalue weighted by atomic mass is 16.4. The van der Waals surface area contributed by atoms with E-state index in [1.807, 2.05) is 0 Å². The minimum atomic E-state index is -0.907. The average molecular weight is 307 g/mol. The summed E-state index contributed by atoms with van der Waals surface area (Å²) in [6.07, 6.45) is 0.325. The van der Waals surface area contributed by atoms with Crippen LogP contribution in [0.3, 0.4) is 0 Å². The van der Waals surface area contributed by atoms with Crippen LogP contribution in [0.4, 0.5) is 5.69 Å². The van der Waals surface area contributed by atoms with Crippen molar-refractivity contribution in [3.05, 3.63) is 29.8 Å². The predicted molar refractivity (Wildman–Crippen MR) is 82.5 cm³/mol. The summed E-state index contributed by atoms with van der Waals surface area (Å²) in [5.74, 6) is -1.78. The Bertz CT molecular complexity index is 570. The molecule has 7 nitrogen and oxygen atoms in total. The van der Waals surface area contributed by atoms with Gasteiger partial charge in [-0.05, 0) is 32.4 Å². The standard InChI is InChI=1S/C15H21N3O4/c1-15(2,14(21)22)7-8-17-12(19)9-18-11-6-4-3-5-10(11)13(16)20/h3-6,18H,7-9H2,1-2H3,(H2,16,20)(H,17,19)(H,21,22). The number of carbonyl (C=O) groups is 3. The summed E-state index contributed by atoms with van der Waals surface area (Å²) in [6.45, 7) is 3.43. The number of hydrogen-bond donors (Lipinski definition) is 4. The molecule has 0 radical (unpaired) electrons. The normalized spacial score (nSPS) is 10.8. The molecule has 0 unspecified atom stereocenters. The zero-order valence-electron chi connectivity index (χ0n) is 12.7. The molecular weight excluding hydrogens is 286 g/mol. The smallest absolute Gasteiger partial charge is 0.309 e. The van der Waals surface area contributed by atoms with Crippen LogP contribution in [0.5, 0.6) is 0 Å². The van der Waals surface area contributed by atoms with Gasteiger partial charge in [0.15, 0.2) is 0 Å². The topological polar surface area (TPSA) is 122 Å². The van der Waals surface area contributed by atoms with Crippen LogP contribution in [-0.4, -0.2) is 36.0 Å². The summed E-state index contributed by atoms with van der Waals surface area (Å²) >= 11 is 0. The number of carbonyl (C=O) groups excluding carboxylic acids is 2. The van der Waals surface area contributed by atoms with Crippen molar-refractivity contribution in [2.24, 2.45) is 11.1 Å². The number of benzene rings is 1. The third-order valence-electron chi connectivity index (χ3n) is 3.28. The molecule has 0 aliphatic heterocycles. The van der Waals surface area contributed by atoms with E-state index in [2.05, 4.69) is 10.6 Å². The number of para-hydroxylation sites is 1. The van der Waals surface area contributed by atoms with Crippen LogP contribution >= 0.6 is 0 Å². The molecule has 1 aromatic rings. The van der Waals surface area contributed by atoms with E-state index >= 15 is 0 Å². The Morgan fingerprint density at radius 1 is 1.23 bits per heavy atom. The highest BCUT2D eigenvalue weighted by molar-refractivity contribution is 5.99. The number of nitrogens with two attached hydrogens (primary N) is 1. The second-order valence-electron chi connectivity index (χ2n) is 5.55. The second kappa shape index (κ2) is 7.44. The van der Waals surface area contributed by atoms with Crippen LogP contribution in [0.25, 0.3) is 0 Å². The van der Waals surface area contributed by atoms with Gasteiger partial charge in [0.2, 0.25) is 5.91 Å². The number of carboxylic acid groups (broad SMARTS) is 1. The summed E-state index contributed by atoms with van der Waals surface area (Å²) in [5.41, 5.74) is 5.14. The highest BCUT2D eigenvalue weighted by Crippen LogP contribution is 2.19. The summed E-state index contributed by atoms with van der Waals surface area (Å²) in [6, 6.07) is 6.63. The molecule has 0 fully saturated rings. The van der Waals surface area contributed by atoms with Gasteiger partial charge in [-0.3, -0.25) is 14.4 Å². The number of aliphatic carboxylic acids is 1. The molecule has 5 N–H and O–H groups in total. The predicted octanol–water partition coefficient (Wildman–Crippen LogP) is 0.815. The second-order valence-corrected chi connectivity index (χ2v) is 5.55. The maximum atomic E-state index is 11.7. The molecule has 2 amide bonds. The van der Waals surface area contributed by atoms with Gasteiger partial charge in [0.1, 0.15) is 0 Å². The summed E-state index contributed by atoms with van der Waals surface area (Å²) < 4.78 is 0. The lowest BCUT2D eigenvalue weighted by molar-refractivity contribution is -0.147. The SMILES string of the molecule is CC(C)(CCNC(=O)CNc1ccccc1C(N)=O)C(=O)O. The van der Waals surface area contributed by atoms with E-state index in [9.17, 15) is 14.4 Å². The molecule has 0 saturated heterocycles. The van der Waals surface area contributed by atoms with Gasteiger partial charge >= 0.3 is 5.97 Å². The largest absolute Gasteiger partial charge is 0.481 e. The molecule has 1 rings (SSSR count). The molecule has 0 saturated carbocycles. The monoisotopic (exact) mass is 307 g/mol. The first-order chi connectivity index (χ1) is 10.2. The van der Waals surface area contributed by atoms with Gasteiger partial charge in [0.05, 0.1) is 17.5 Å². The first-order valence-electron chi connectivity index (χ1n) is 6.87.